The summed E-state index contributed by atoms with van der Waals surface area (Å²) in [6.07, 6.45) is 0.536. The first-order valence-corrected chi connectivity index (χ1v) is 8.75. The second-order valence-electron chi connectivity index (χ2n) is 4.72. The van der Waals surface area contributed by atoms with Gasteiger partial charge in [0.2, 0.25) is 0 Å². The lowest BCUT2D eigenvalue weighted by Crippen LogP contribution is -2.06. The summed E-state index contributed by atoms with van der Waals surface area (Å²) in [4.78, 5) is 16.6. The number of thioether (sulfide) groups is 1. The Kier molecular flexibility index (Phi) is 4.54. The zero-order chi connectivity index (χ0) is 16.4. The van der Waals surface area contributed by atoms with Crippen molar-refractivity contribution in [2.24, 2.45) is 0 Å². The quantitative estimate of drug-likeness (QED) is 0.477. The van der Waals surface area contributed by atoms with Crippen LogP contribution < -0.4 is 4.74 Å². The first-order valence-electron chi connectivity index (χ1n) is 6.73. The van der Waals surface area contributed by atoms with Crippen LogP contribution in [0.3, 0.4) is 0 Å². The van der Waals surface area contributed by atoms with Crippen molar-refractivity contribution in [3.8, 4) is 17.0 Å². The summed E-state index contributed by atoms with van der Waals surface area (Å²) in [6.45, 7) is 0. The topological polar surface area (TPSA) is 59.4 Å². The van der Waals surface area contributed by atoms with E-state index in [1.807, 2.05) is 54.8 Å². The van der Waals surface area contributed by atoms with E-state index < -0.39 is 6.16 Å². The number of hydrogen-bond acceptors (Lipinski definition) is 4. The molecule has 2 aromatic carbocycles. The van der Waals surface area contributed by atoms with Gasteiger partial charge in [0.05, 0.1) is 16.1 Å². The summed E-state index contributed by atoms with van der Waals surface area (Å²) < 4.78 is 5.94. The molecule has 116 valence electrons. The predicted octanol–water partition coefficient (Wildman–Crippen LogP) is 5.44. The van der Waals surface area contributed by atoms with Gasteiger partial charge in [-0.15, -0.1) is 11.8 Å². The number of halogens is 1. The number of rotatable bonds is 3. The maximum absolute atomic E-state index is 11.1. The minimum absolute atomic E-state index is 0.315. The zero-order valence-corrected chi connectivity index (χ0v) is 14.5. The summed E-state index contributed by atoms with van der Waals surface area (Å²) >= 11 is 4.82. The first-order chi connectivity index (χ1) is 11.1. The highest BCUT2D eigenvalue weighted by Crippen LogP contribution is 2.41. The number of carboxylic acid groups (broad SMARTS) is 1. The Labute approximate surface area is 145 Å². The van der Waals surface area contributed by atoms with Crippen LogP contribution in [0, 0.1) is 0 Å². The van der Waals surface area contributed by atoms with E-state index >= 15 is 0 Å². The smallest absolute Gasteiger partial charge is 0.449 e. The molecule has 3 rings (SSSR count). The fraction of sp³-hybridized carbons (Fsp3) is 0.0588. The third-order valence-corrected chi connectivity index (χ3v) is 4.58. The minimum atomic E-state index is -1.34. The van der Waals surface area contributed by atoms with Crippen molar-refractivity contribution in [3.63, 3.8) is 0 Å². The highest BCUT2D eigenvalue weighted by molar-refractivity contribution is 9.10. The first kappa shape index (κ1) is 15.8. The van der Waals surface area contributed by atoms with Gasteiger partial charge in [0.1, 0.15) is 0 Å². The molecule has 1 aromatic heterocycles. The van der Waals surface area contributed by atoms with E-state index in [1.54, 1.807) is 0 Å². The Hall–Kier alpha value is -2.05. The molecular formula is C17H12BrNO3S. The molecule has 0 fully saturated rings. The third-order valence-electron chi connectivity index (χ3n) is 3.30. The van der Waals surface area contributed by atoms with E-state index in [9.17, 15) is 4.79 Å². The van der Waals surface area contributed by atoms with Crippen LogP contribution in [0.15, 0.2) is 57.9 Å². The second kappa shape index (κ2) is 6.60. The van der Waals surface area contributed by atoms with E-state index in [1.165, 1.54) is 11.8 Å². The number of pyridine rings is 1. The summed E-state index contributed by atoms with van der Waals surface area (Å²) in [5.41, 5.74) is 2.31. The van der Waals surface area contributed by atoms with Crippen molar-refractivity contribution in [1.82, 2.24) is 4.98 Å². The molecule has 4 nitrogen and oxygen atoms in total. The summed E-state index contributed by atoms with van der Waals surface area (Å²) in [7, 11) is 0. The molecule has 6 heteroatoms. The van der Waals surface area contributed by atoms with Crippen molar-refractivity contribution in [3.05, 3.63) is 53.0 Å². The summed E-state index contributed by atoms with van der Waals surface area (Å²) in [6, 6.07) is 15.2. The van der Waals surface area contributed by atoms with Crippen LogP contribution in [-0.4, -0.2) is 22.5 Å². The molecule has 0 radical (unpaired) electrons. The van der Waals surface area contributed by atoms with Crippen LogP contribution in [-0.2, 0) is 0 Å². The van der Waals surface area contributed by atoms with Gasteiger partial charge in [-0.3, -0.25) is 0 Å². The fourth-order valence-electron chi connectivity index (χ4n) is 2.36. The van der Waals surface area contributed by atoms with Crippen LogP contribution in [0.5, 0.6) is 5.75 Å². The lowest BCUT2D eigenvalue weighted by atomic mass is 10.1. The van der Waals surface area contributed by atoms with E-state index in [-0.39, 0.29) is 0 Å². The van der Waals surface area contributed by atoms with Crippen molar-refractivity contribution >= 4 is 44.8 Å². The van der Waals surface area contributed by atoms with Gasteiger partial charge in [-0.25, -0.2) is 9.78 Å². The molecule has 0 aliphatic heterocycles. The zero-order valence-electron chi connectivity index (χ0n) is 12.1. The van der Waals surface area contributed by atoms with Crippen molar-refractivity contribution < 1.29 is 14.6 Å². The van der Waals surface area contributed by atoms with Crippen LogP contribution >= 0.6 is 27.7 Å². The van der Waals surface area contributed by atoms with Crippen molar-refractivity contribution in [2.45, 2.75) is 4.90 Å². The standard InChI is InChI=1S/C17H12BrNO3S/c1-23-16-14(10-5-3-2-4-6-10)19-13-8-7-11(18)9-12(13)15(16)22-17(20)21/h2-9H,1H3,(H,20,21). The molecule has 1 heterocycles. The van der Waals surface area contributed by atoms with Crippen LogP contribution in [0.1, 0.15) is 0 Å². The SMILES string of the molecule is CSc1c(-c2ccccc2)nc2ccc(Br)cc2c1OC(=O)O. The van der Waals surface area contributed by atoms with E-state index in [0.29, 0.717) is 27.2 Å². The Morgan fingerprint density at radius 1 is 1.22 bits per heavy atom. The molecule has 0 aliphatic rings. The molecule has 23 heavy (non-hydrogen) atoms. The number of hydrogen-bond donors (Lipinski definition) is 1. The molecule has 0 saturated carbocycles. The lowest BCUT2D eigenvalue weighted by Gasteiger charge is -2.14. The second-order valence-corrected chi connectivity index (χ2v) is 6.45. The fourth-order valence-corrected chi connectivity index (χ4v) is 3.41. The predicted molar refractivity (Wildman–Crippen MR) is 95.3 cm³/mol. The third kappa shape index (κ3) is 3.18. The highest BCUT2D eigenvalue weighted by atomic mass is 79.9. The molecule has 0 spiro atoms. The monoisotopic (exact) mass is 389 g/mol. The minimum Gasteiger partial charge on any atom is -0.449 e. The van der Waals surface area contributed by atoms with Gasteiger partial charge in [-0.2, -0.15) is 0 Å². The van der Waals surface area contributed by atoms with Gasteiger partial charge < -0.3 is 9.84 Å². The highest BCUT2D eigenvalue weighted by Gasteiger charge is 2.19. The molecule has 3 aromatic rings. The number of carbonyl (C=O) groups is 1. The average Bonchev–Trinajstić information content (AvgIpc) is 2.55. The van der Waals surface area contributed by atoms with E-state index in [2.05, 4.69) is 15.9 Å². The normalized spacial score (nSPS) is 10.7. The van der Waals surface area contributed by atoms with E-state index in [4.69, 9.17) is 14.8 Å². The van der Waals surface area contributed by atoms with Crippen molar-refractivity contribution in [1.29, 1.82) is 0 Å². The van der Waals surface area contributed by atoms with Gasteiger partial charge in [0.25, 0.3) is 0 Å². The molecule has 1 N–H and O–H groups in total. The molecule has 0 saturated heterocycles. The molecule has 0 aliphatic carbocycles. The summed E-state index contributed by atoms with van der Waals surface area (Å²) in [5.74, 6) is 0.315. The largest absolute Gasteiger partial charge is 0.511 e. The van der Waals surface area contributed by atoms with Crippen molar-refractivity contribution in [2.75, 3.05) is 6.26 Å². The molecule has 0 bridgehead atoms. The number of ether oxygens (including phenoxy) is 1. The van der Waals surface area contributed by atoms with Gasteiger partial charge in [0, 0.05) is 15.4 Å². The molecule has 0 atom stereocenters. The van der Waals surface area contributed by atoms with Gasteiger partial charge >= 0.3 is 6.16 Å². The molecular weight excluding hydrogens is 378 g/mol. The van der Waals surface area contributed by atoms with Gasteiger partial charge in [-0.1, -0.05) is 46.3 Å². The molecule has 0 unspecified atom stereocenters. The maximum Gasteiger partial charge on any atom is 0.511 e. The Balaban J connectivity index is 2.37. The van der Waals surface area contributed by atoms with Crippen LogP contribution in [0.4, 0.5) is 4.79 Å². The Morgan fingerprint density at radius 2 is 1.96 bits per heavy atom. The Bertz CT molecular complexity index is 884. The number of benzene rings is 2. The average molecular weight is 390 g/mol. The molecule has 0 amide bonds. The van der Waals surface area contributed by atoms with Gasteiger partial charge in [0.15, 0.2) is 5.75 Å². The number of fused-ring (bicyclic) bond motifs is 1. The lowest BCUT2D eigenvalue weighted by molar-refractivity contribution is 0.144. The van der Waals surface area contributed by atoms with Crippen LogP contribution in [0.25, 0.3) is 22.2 Å². The summed E-state index contributed by atoms with van der Waals surface area (Å²) in [5, 5.41) is 9.77. The number of aromatic nitrogens is 1. The van der Waals surface area contributed by atoms with E-state index in [0.717, 1.165) is 10.0 Å². The maximum atomic E-state index is 11.1. The van der Waals surface area contributed by atoms with Gasteiger partial charge in [-0.05, 0) is 24.5 Å². The van der Waals surface area contributed by atoms with Crippen LogP contribution in [0.2, 0.25) is 0 Å². The number of nitrogens with zero attached hydrogens (tertiary/aromatic N) is 1. The Morgan fingerprint density at radius 3 is 2.61 bits per heavy atom.